The molecule has 1 N–H and O–H groups in total. The zero-order valence-electron chi connectivity index (χ0n) is 15.2. The van der Waals surface area contributed by atoms with E-state index >= 15 is 0 Å². The average Bonchev–Trinajstić information content (AvgIpc) is 2.62. The van der Waals surface area contributed by atoms with Crippen LogP contribution in [0.15, 0.2) is 48.5 Å². The molecule has 5 nitrogen and oxygen atoms in total. The van der Waals surface area contributed by atoms with Gasteiger partial charge in [-0.15, -0.1) is 0 Å². The number of nitrogens with one attached hydrogen (secondary N) is 1. The van der Waals surface area contributed by atoms with Crippen molar-refractivity contribution in [3.63, 3.8) is 0 Å². The second-order valence-corrected chi connectivity index (χ2v) is 6.71. The number of ether oxygens (including phenoxy) is 1. The zero-order valence-corrected chi connectivity index (χ0v) is 15.2. The third-order valence-corrected chi connectivity index (χ3v) is 4.61. The van der Waals surface area contributed by atoms with Crippen LogP contribution >= 0.6 is 0 Å². The molecule has 0 aliphatic carbocycles. The third kappa shape index (κ3) is 4.49. The van der Waals surface area contributed by atoms with E-state index in [2.05, 4.69) is 5.32 Å². The van der Waals surface area contributed by atoms with Crippen molar-refractivity contribution in [2.75, 3.05) is 18.5 Å². The van der Waals surface area contributed by atoms with Crippen molar-refractivity contribution < 1.29 is 14.3 Å². The molecule has 0 radical (unpaired) electrons. The second-order valence-electron chi connectivity index (χ2n) is 6.71. The van der Waals surface area contributed by atoms with Gasteiger partial charge >= 0.3 is 5.97 Å². The molecule has 0 bridgehead atoms. The molecule has 1 atom stereocenters. The highest BCUT2D eigenvalue weighted by molar-refractivity contribution is 5.95. The quantitative estimate of drug-likeness (QED) is 0.840. The Kier molecular flexibility index (Phi) is 5.68. The number of morpholine rings is 1. The molecule has 1 heterocycles. The largest absolute Gasteiger partial charge is 0.463 e. The highest BCUT2D eigenvalue weighted by atomic mass is 16.5. The summed E-state index contributed by atoms with van der Waals surface area (Å²) in [7, 11) is 0. The molecule has 1 aliphatic rings. The standard InChI is InChI=1S/C21H24N2O3/c1-15-8-9-16(2)18(12-15)22-20(24)13-19-21(25)26-11-10-23(19)14-17-6-4-3-5-7-17/h3-9,12,19H,10-11,13-14H2,1-2H3,(H,22,24)/t19-/m1/s1. The highest BCUT2D eigenvalue weighted by Gasteiger charge is 2.33. The first-order valence-electron chi connectivity index (χ1n) is 8.84. The minimum atomic E-state index is -0.561. The van der Waals surface area contributed by atoms with E-state index in [1.54, 1.807) is 0 Å². The fraction of sp³-hybridized carbons (Fsp3) is 0.333. The minimum Gasteiger partial charge on any atom is -0.463 e. The molecule has 1 saturated heterocycles. The molecule has 1 fully saturated rings. The summed E-state index contributed by atoms with van der Waals surface area (Å²) in [5, 5.41) is 2.93. The van der Waals surface area contributed by atoms with Gasteiger partial charge in [-0.1, -0.05) is 42.5 Å². The van der Waals surface area contributed by atoms with Crippen molar-refractivity contribution in [2.24, 2.45) is 0 Å². The topological polar surface area (TPSA) is 58.6 Å². The van der Waals surface area contributed by atoms with Crippen LogP contribution in [-0.2, 0) is 20.9 Å². The summed E-state index contributed by atoms with van der Waals surface area (Å²) in [5.74, 6) is -0.510. The maximum atomic E-state index is 12.5. The summed E-state index contributed by atoms with van der Waals surface area (Å²) >= 11 is 0. The average molecular weight is 352 g/mol. The van der Waals surface area contributed by atoms with Gasteiger partial charge in [0, 0.05) is 18.8 Å². The number of esters is 1. The SMILES string of the molecule is Cc1ccc(C)c(NC(=O)C[C@@H]2C(=O)OCCN2Cc2ccccc2)c1. The summed E-state index contributed by atoms with van der Waals surface area (Å²) in [5.41, 5.74) is 3.97. The molecular formula is C21H24N2O3. The van der Waals surface area contributed by atoms with Gasteiger partial charge in [0.15, 0.2) is 0 Å². The van der Waals surface area contributed by atoms with Crippen molar-refractivity contribution in [3.05, 3.63) is 65.2 Å². The van der Waals surface area contributed by atoms with Gasteiger partial charge in [0.05, 0.1) is 6.42 Å². The Balaban J connectivity index is 1.69. The van der Waals surface area contributed by atoms with E-state index in [4.69, 9.17) is 4.74 Å². The van der Waals surface area contributed by atoms with Crippen LogP contribution in [0.4, 0.5) is 5.69 Å². The minimum absolute atomic E-state index is 0.0824. The lowest BCUT2D eigenvalue weighted by molar-refractivity contribution is -0.159. The van der Waals surface area contributed by atoms with E-state index in [9.17, 15) is 9.59 Å². The predicted molar refractivity (Wildman–Crippen MR) is 101 cm³/mol. The van der Waals surface area contributed by atoms with E-state index in [1.807, 2.05) is 67.3 Å². The normalized spacial score (nSPS) is 17.6. The number of rotatable bonds is 5. The summed E-state index contributed by atoms with van der Waals surface area (Å²) in [6.45, 7) is 5.54. The molecular weight excluding hydrogens is 328 g/mol. The van der Waals surface area contributed by atoms with Crippen LogP contribution in [0.3, 0.4) is 0 Å². The van der Waals surface area contributed by atoms with Gasteiger partial charge in [-0.25, -0.2) is 0 Å². The third-order valence-electron chi connectivity index (χ3n) is 4.61. The van der Waals surface area contributed by atoms with E-state index in [-0.39, 0.29) is 18.3 Å². The summed E-state index contributed by atoms with van der Waals surface area (Å²) < 4.78 is 5.19. The van der Waals surface area contributed by atoms with Crippen LogP contribution in [0, 0.1) is 13.8 Å². The first-order chi connectivity index (χ1) is 12.5. The van der Waals surface area contributed by atoms with Gasteiger partial charge in [-0.2, -0.15) is 0 Å². The molecule has 2 aromatic rings. The number of cyclic esters (lactones) is 1. The molecule has 3 rings (SSSR count). The number of nitrogens with zero attached hydrogens (tertiary/aromatic N) is 1. The Bertz CT molecular complexity index is 789. The van der Waals surface area contributed by atoms with Gasteiger partial charge in [0.25, 0.3) is 0 Å². The molecule has 0 aromatic heterocycles. The molecule has 26 heavy (non-hydrogen) atoms. The number of anilines is 1. The number of hydrogen-bond acceptors (Lipinski definition) is 4. The Morgan fingerprint density at radius 1 is 1.19 bits per heavy atom. The lowest BCUT2D eigenvalue weighted by Gasteiger charge is -2.33. The lowest BCUT2D eigenvalue weighted by atomic mass is 10.1. The van der Waals surface area contributed by atoms with E-state index in [0.717, 1.165) is 22.4 Å². The van der Waals surface area contributed by atoms with Crippen molar-refractivity contribution in [2.45, 2.75) is 32.9 Å². The number of carbonyl (C=O) groups excluding carboxylic acids is 2. The lowest BCUT2D eigenvalue weighted by Crippen LogP contribution is -2.49. The van der Waals surface area contributed by atoms with Gasteiger partial charge < -0.3 is 10.1 Å². The monoisotopic (exact) mass is 352 g/mol. The van der Waals surface area contributed by atoms with Gasteiger partial charge in [0.2, 0.25) is 5.91 Å². The first kappa shape index (κ1) is 18.1. The Hall–Kier alpha value is -2.66. The molecule has 1 aliphatic heterocycles. The maximum absolute atomic E-state index is 12.5. The van der Waals surface area contributed by atoms with Gasteiger partial charge in [-0.3, -0.25) is 14.5 Å². The number of amides is 1. The molecule has 1 amide bonds. The highest BCUT2D eigenvalue weighted by Crippen LogP contribution is 2.19. The zero-order chi connectivity index (χ0) is 18.5. The van der Waals surface area contributed by atoms with Crippen LogP contribution < -0.4 is 5.32 Å². The Labute approximate surface area is 154 Å². The van der Waals surface area contributed by atoms with Crippen LogP contribution in [-0.4, -0.2) is 36.0 Å². The van der Waals surface area contributed by atoms with Crippen LogP contribution in [0.25, 0.3) is 0 Å². The second kappa shape index (κ2) is 8.15. The molecule has 5 heteroatoms. The summed E-state index contributed by atoms with van der Waals surface area (Å²) in [4.78, 5) is 26.8. The Morgan fingerprint density at radius 2 is 1.96 bits per heavy atom. The van der Waals surface area contributed by atoms with Crippen molar-refractivity contribution in [1.82, 2.24) is 4.90 Å². The molecule has 0 unspecified atom stereocenters. The van der Waals surface area contributed by atoms with Crippen molar-refractivity contribution in [1.29, 1.82) is 0 Å². The summed E-state index contributed by atoms with van der Waals surface area (Å²) in [6.07, 6.45) is 0.0824. The van der Waals surface area contributed by atoms with Gasteiger partial charge in [0.1, 0.15) is 12.6 Å². The van der Waals surface area contributed by atoms with Crippen molar-refractivity contribution >= 4 is 17.6 Å². The fourth-order valence-corrected chi connectivity index (χ4v) is 3.13. The molecule has 136 valence electrons. The molecule has 0 spiro atoms. The fourth-order valence-electron chi connectivity index (χ4n) is 3.13. The number of hydrogen-bond donors (Lipinski definition) is 1. The first-order valence-corrected chi connectivity index (χ1v) is 8.84. The number of aryl methyl sites for hydroxylation is 2. The number of benzene rings is 2. The van der Waals surface area contributed by atoms with Crippen molar-refractivity contribution in [3.8, 4) is 0 Å². The van der Waals surface area contributed by atoms with Crippen LogP contribution in [0.5, 0.6) is 0 Å². The van der Waals surface area contributed by atoms with E-state index in [0.29, 0.717) is 19.7 Å². The smallest absolute Gasteiger partial charge is 0.323 e. The molecule has 2 aromatic carbocycles. The van der Waals surface area contributed by atoms with Crippen LogP contribution in [0.1, 0.15) is 23.1 Å². The maximum Gasteiger partial charge on any atom is 0.323 e. The Morgan fingerprint density at radius 3 is 2.73 bits per heavy atom. The summed E-state index contributed by atoms with van der Waals surface area (Å²) in [6, 6.07) is 15.3. The molecule has 0 saturated carbocycles. The van der Waals surface area contributed by atoms with E-state index < -0.39 is 6.04 Å². The predicted octanol–water partition coefficient (Wildman–Crippen LogP) is 3.06. The van der Waals surface area contributed by atoms with E-state index in [1.165, 1.54) is 0 Å². The number of carbonyl (C=O) groups is 2. The van der Waals surface area contributed by atoms with Crippen LogP contribution in [0.2, 0.25) is 0 Å². The van der Waals surface area contributed by atoms with Gasteiger partial charge in [-0.05, 0) is 36.6 Å².